The van der Waals surface area contributed by atoms with Gasteiger partial charge in [0.05, 0.1) is 6.61 Å². The first-order chi connectivity index (χ1) is 4.34. The lowest BCUT2D eigenvalue weighted by atomic mass is 10.4. The Hall–Kier alpha value is -0.500. The molecule has 0 radical (unpaired) electrons. The molecule has 1 rings (SSSR count). The van der Waals surface area contributed by atoms with Crippen LogP contribution in [0.5, 0.6) is 0 Å². The minimum atomic E-state index is 0.205. The van der Waals surface area contributed by atoms with E-state index in [0.29, 0.717) is 6.61 Å². The van der Waals surface area contributed by atoms with Gasteiger partial charge >= 0.3 is 0 Å². The Balaban J connectivity index is 1.88. The fourth-order valence-electron chi connectivity index (χ4n) is 0.610. The molecule has 0 aromatic heterocycles. The van der Waals surface area contributed by atoms with Crippen LogP contribution in [0.4, 0.5) is 0 Å². The van der Waals surface area contributed by atoms with Crippen LogP contribution >= 0.6 is 0 Å². The summed E-state index contributed by atoms with van der Waals surface area (Å²) in [5.74, 6) is 0.867. The van der Waals surface area contributed by atoms with Crippen molar-refractivity contribution in [3.05, 3.63) is 12.3 Å². The highest BCUT2D eigenvalue weighted by Crippen LogP contribution is 2.24. The van der Waals surface area contributed by atoms with Crippen molar-refractivity contribution in [2.75, 3.05) is 13.2 Å². The van der Waals surface area contributed by atoms with Crippen LogP contribution in [0.2, 0.25) is 0 Å². The average Bonchev–Trinajstić information content (AvgIpc) is 2.48. The zero-order valence-corrected chi connectivity index (χ0v) is 5.72. The fraction of sp³-hybridized carbons (Fsp3) is 0.714. The summed E-state index contributed by atoms with van der Waals surface area (Å²) in [6.07, 6.45) is 1.27. The Morgan fingerprint density at radius 2 is 2.44 bits per heavy atom. The van der Waals surface area contributed by atoms with Crippen molar-refractivity contribution in [1.29, 1.82) is 0 Å². The summed E-state index contributed by atoms with van der Waals surface area (Å²) >= 11 is 0. The van der Waals surface area contributed by atoms with Crippen molar-refractivity contribution in [2.45, 2.75) is 19.4 Å². The highest BCUT2D eigenvalue weighted by molar-refractivity contribution is 5.07. The molecule has 0 spiro atoms. The molecule has 1 saturated heterocycles. The van der Waals surface area contributed by atoms with Gasteiger partial charge < -0.3 is 9.47 Å². The molecule has 1 aliphatic rings. The lowest BCUT2D eigenvalue weighted by molar-refractivity contribution is 0.117. The molecule has 0 bridgehead atoms. The summed E-state index contributed by atoms with van der Waals surface area (Å²) < 4.78 is 10.1. The SMILES string of the molecule is C=C1OC1COCCC. The molecule has 9 heavy (non-hydrogen) atoms. The first-order valence-corrected chi connectivity index (χ1v) is 3.27. The van der Waals surface area contributed by atoms with Gasteiger partial charge in [-0.25, -0.2) is 0 Å². The summed E-state index contributed by atoms with van der Waals surface area (Å²) in [6, 6.07) is 0. The number of ether oxygens (including phenoxy) is 2. The van der Waals surface area contributed by atoms with E-state index in [0.717, 1.165) is 18.8 Å². The maximum Gasteiger partial charge on any atom is 0.178 e. The lowest BCUT2D eigenvalue weighted by Gasteiger charge is -1.94. The lowest BCUT2D eigenvalue weighted by Crippen LogP contribution is -2.00. The zero-order valence-electron chi connectivity index (χ0n) is 5.72. The summed E-state index contributed by atoms with van der Waals surface area (Å²) in [5, 5.41) is 0. The van der Waals surface area contributed by atoms with Crippen LogP contribution < -0.4 is 0 Å². The molecule has 0 amide bonds. The first-order valence-electron chi connectivity index (χ1n) is 3.27. The van der Waals surface area contributed by atoms with Crippen LogP contribution in [0.25, 0.3) is 0 Å². The smallest absolute Gasteiger partial charge is 0.178 e. The van der Waals surface area contributed by atoms with Gasteiger partial charge in [0.1, 0.15) is 5.76 Å². The van der Waals surface area contributed by atoms with Crippen molar-refractivity contribution >= 4 is 0 Å². The maximum absolute atomic E-state index is 5.19. The van der Waals surface area contributed by atoms with Crippen LogP contribution in [0, 0.1) is 0 Å². The van der Waals surface area contributed by atoms with E-state index >= 15 is 0 Å². The van der Waals surface area contributed by atoms with E-state index in [9.17, 15) is 0 Å². The van der Waals surface area contributed by atoms with Crippen molar-refractivity contribution in [2.24, 2.45) is 0 Å². The molecule has 1 heterocycles. The van der Waals surface area contributed by atoms with Crippen LogP contribution in [-0.2, 0) is 9.47 Å². The number of epoxide rings is 1. The third kappa shape index (κ3) is 2.06. The number of hydrogen-bond acceptors (Lipinski definition) is 2. The van der Waals surface area contributed by atoms with Gasteiger partial charge in [0.15, 0.2) is 6.10 Å². The van der Waals surface area contributed by atoms with Crippen molar-refractivity contribution in [1.82, 2.24) is 0 Å². The fourth-order valence-corrected chi connectivity index (χ4v) is 0.610. The molecule has 0 aromatic rings. The molecule has 1 aliphatic heterocycles. The highest BCUT2D eigenvalue weighted by Gasteiger charge is 2.29. The molecule has 1 fully saturated rings. The quantitative estimate of drug-likeness (QED) is 0.421. The zero-order chi connectivity index (χ0) is 6.69. The van der Waals surface area contributed by atoms with Crippen molar-refractivity contribution < 1.29 is 9.47 Å². The second-order valence-electron chi connectivity index (χ2n) is 2.15. The van der Waals surface area contributed by atoms with Gasteiger partial charge in [-0.2, -0.15) is 0 Å². The molecule has 0 aliphatic carbocycles. The van der Waals surface area contributed by atoms with Gasteiger partial charge in [-0.3, -0.25) is 0 Å². The van der Waals surface area contributed by atoms with Gasteiger partial charge in [-0.15, -0.1) is 0 Å². The molecule has 1 unspecified atom stereocenters. The predicted octanol–water partition coefficient (Wildman–Crippen LogP) is 1.33. The Bertz CT molecular complexity index is 109. The summed E-state index contributed by atoms with van der Waals surface area (Å²) in [4.78, 5) is 0. The van der Waals surface area contributed by atoms with E-state index in [1.54, 1.807) is 0 Å². The van der Waals surface area contributed by atoms with E-state index in [-0.39, 0.29) is 6.10 Å². The summed E-state index contributed by atoms with van der Waals surface area (Å²) in [5.41, 5.74) is 0. The first kappa shape index (κ1) is 6.62. The molecule has 1 atom stereocenters. The summed E-state index contributed by atoms with van der Waals surface area (Å²) in [7, 11) is 0. The predicted molar refractivity (Wildman–Crippen MR) is 35.1 cm³/mol. The topological polar surface area (TPSA) is 21.8 Å². The van der Waals surface area contributed by atoms with Gasteiger partial charge in [-0.1, -0.05) is 13.5 Å². The third-order valence-corrected chi connectivity index (χ3v) is 1.21. The Labute approximate surface area is 55.5 Å². The van der Waals surface area contributed by atoms with E-state index in [1.807, 2.05) is 0 Å². The van der Waals surface area contributed by atoms with Crippen LogP contribution in [0.15, 0.2) is 12.3 Å². The van der Waals surface area contributed by atoms with E-state index in [1.165, 1.54) is 0 Å². The molecular weight excluding hydrogens is 116 g/mol. The monoisotopic (exact) mass is 128 g/mol. The minimum Gasteiger partial charge on any atom is -0.481 e. The normalized spacial score (nSPS) is 23.7. The van der Waals surface area contributed by atoms with E-state index in [2.05, 4.69) is 13.5 Å². The largest absolute Gasteiger partial charge is 0.481 e. The Kier molecular flexibility index (Phi) is 2.11. The third-order valence-electron chi connectivity index (χ3n) is 1.21. The standard InChI is InChI=1S/C7H12O2/c1-3-4-8-5-7-6(2)9-7/h7H,2-5H2,1H3. The Morgan fingerprint density at radius 3 is 2.89 bits per heavy atom. The molecule has 0 saturated carbocycles. The number of rotatable bonds is 4. The maximum atomic E-state index is 5.19. The highest BCUT2D eigenvalue weighted by atomic mass is 16.6. The van der Waals surface area contributed by atoms with E-state index in [4.69, 9.17) is 9.47 Å². The van der Waals surface area contributed by atoms with Crippen molar-refractivity contribution in [3.8, 4) is 0 Å². The number of hydrogen-bond donors (Lipinski definition) is 0. The molecule has 0 aromatic carbocycles. The minimum absolute atomic E-state index is 0.205. The van der Waals surface area contributed by atoms with E-state index < -0.39 is 0 Å². The summed E-state index contributed by atoms with van der Waals surface area (Å²) in [6.45, 7) is 7.22. The van der Waals surface area contributed by atoms with Gasteiger partial charge in [0.25, 0.3) is 0 Å². The molecule has 52 valence electrons. The van der Waals surface area contributed by atoms with Crippen molar-refractivity contribution in [3.63, 3.8) is 0 Å². The second kappa shape index (κ2) is 2.87. The molecule has 2 heteroatoms. The van der Waals surface area contributed by atoms with Crippen LogP contribution in [0.3, 0.4) is 0 Å². The van der Waals surface area contributed by atoms with Gasteiger partial charge in [0, 0.05) is 6.61 Å². The van der Waals surface area contributed by atoms with Crippen LogP contribution in [0.1, 0.15) is 13.3 Å². The second-order valence-corrected chi connectivity index (χ2v) is 2.15. The van der Waals surface area contributed by atoms with Gasteiger partial charge in [0.2, 0.25) is 0 Å². The Morgan fingerprint density at radius 1 is 1.78 bits per heavy atom. The van der Waals surface area contributed by atoms with Gasteiger partial charge in [-0.05, 0) is 6.42 Å². The average molecular weight is 128 g/mol. The van der Waals surface area contributed by atoms with Crippen LogP contribution in [-0.4, -0.2) is 19.3 Å². The molecule has 0 N–H and O–H groups in total. The molecular formula is C7H12O2. The molecule has 2 nitrogen and oxygen atoms in total.